The van der Waals surface area contributed by atoms with Crippen molar-refractivity contribution in [1.29, 1.82) is 0 Å². The summed E-state index contributed by atoms with van der Waals surface area (Å²) in [5.41, 5.74) is 9.84. The number of rotatable bonds is 4. The number of urea groups is 1. The summed E-state index contributed by atoms with van der Waals surface area (Å²) in [5.74, 6) is 0. The summed E-state index contributed by atoms with van der Waals surface area (Å²) >= 11 is 0. The monoisotopic (exact) mass is 259 g/mol. The van der Waals surface area contributed by atoms with Gasteiger partial charge < -0.3 is 16.4 Å². The van der Waals surface area contributed by atoms with E-state index in [1.54, 1.807) is 6.07 Å². The van der Waals surface area contributed by atoms with Crippen molar-refractivity contribution < 1.29 is 4.79 Å². The average molecular weight is 259 g/mol. The first kappa shape index (κ1) is 12.9. The number of hydrogen-bond acceptors (Lipinski definition) is 3. The molecule has 0 atom stereocenters. The topological polar surface area (TPSA) is 95.8 Å². The number of anilines is 2. The first-order valence-corrected chi connectivity index (χ1v) is 5.97. The first-order chi connectivity index (χ1) is 9.06. The normalized spacial score (nSPS) is 10.2. The third kappa shape index (κ3) is 3.25. The van der Waals surface area contributed by atoms with Crippen molar-refractivity contribution in [3.05, 3.63) is 41.2 Å². The Morgan fingerprint density at radius 3 is 2.74 bits per heavy atom. The fourth-order valence-corrected chi connectivity index (χ4v) is 1.87. The van der Waals surface area contributed by atoms with E-state index >= 15 is 0 Å². The fourth-order valence-electron chi connectivity index (χ4n) is 1.87. The minimum absolute atomic E-state index is 0.571. The number of aromatic nitrogens is 2. The van der Waals surface area contributed by atoms with Crippen LogP contribution in [0.4, 0.5) is 16.2 Å². The molecule has 0 saturated heterocycles. The molecular weight excluding hydrogens is 242 g/mol. The van der Waals surface area contributed by atoms with Gasteiger partial charge in [0.25, 0.3) is 0 Å². The highest BCUT2D eigenvalue weighted by molar-refractivity contribution is 5.88. The molecule has 0 aliphatic rings. The van der Waals surface area contributed by atoms with E-state index in [1.165, 1.54) is 0 Å². The van der Waals surface area contributed by atoms with Gasteiger partial charge in [-0.15, -0.1) is 0 Å². The number of hydrogen-bond donors (Lipinski definition) is 4. The van der Waals surface area contributed by atoms with Crippen LogP contribution in [0, 0.1) is 13.8 Å². The number of carbonyl (C=O) groups is 1. The summed E-state index contributed by atoms with van der Waals surface area (Å²) < 4.78 is 0. The molecule has 2 amide bonds. The van der Waals surface area contributed by atoms with E-state index < -0.39 is 6.03 Å². The molecule has 2 aromatic rings. The summed E-state index contributed by atoms with van der Waals surface area (Å²) in [6.07, 6.45) is 0. The summed E-state index contributed by atoms with van der Waals surface area (Å²) in [5, 5.41) is 12.9. The second-order valence-corrected chi connectivity index (χ2v) is 4.34. The van der Waals surface area contributed by atoms with Gasteiger partial charge in [-0.2, -0.15) is 5.10 Å². The van der Waals surface area contributed by atoms with Crippen LogP contribution in [0.25, 0.3) is 0 Å². The zero-order valence-corrected chi connectivity index (χ0v) is 10.9. The summed E-state index contributed by atoms with van der Waals surface area (Å²) in [7, 11) is 0. The van der Waals surface area contributed by atoms with E-state index in [0.29, 0.717) is 12.2 Å². The molecule has 1 aromatic heterocycles. The SMILES string of the molecule is Cc1n[nH]c(C)c1CNc1cccc(NC(N)=O)c1. The standard InChI is InChI=1S/C13H17N5O/c1-8-12(9(2)18-17-8)7-15-10-4-3-5-11(6-10)16-13(14)19/h3-6,15H,7H2,1-2H3,(H,17,18)(H3,14,16,19). The van der Waals surface area contributed by atoms with Crippen LogP contribution in [-0.4, -0.2) is 16.2 Å². The van der Waals surface area contributed by atoms with E-state index in [9.17, 15) is 4.79 Å². The molecule has 6 nitrogen and oxygen atoms in total. The Kier molecular flexibility index (Phi) is 3.70. The van der Waals surface area contributed by atoms with Gasteiger partial charge in [-0.25, -0.2) is 4.79 Å². The van der Waals surface area contributed by atoms with E-state index in [4.69, 9.17) is 5.73 Å². The molecule has 1 heterocycles. The van der Waals surface area contributed by atoms with Crippen LogP contribution < -0.4 is 16.4 Å². The van der Waals surface area contributed by atoms with E-state index in [2.05, 4.69) is 20.8 Å². The number of aryl methyl sites for hydroxylation is 2. The van der Waals surface area contributed by atoms with Gasteiger partial charge in [0.2, 0.25) is 0 Å². The van der Waals surface area contributed by atoms with Crippen LogP contribution in [0.2, 0.25) is 0 Å². The first-order valence-electron chi connectivity index (χ1n) is 5.97. The van der Waals surface area contributed by atoms with Crippen LogP contribution in [0.15, 0.2) is 24.3 Å². The Morgan fingerprint density at radius 2 is 2.11 bits per heavy atom. The van der Waals surface area contributed by atoms with Crippen LogP contribution >= 0.6 is 0 Å². The number of nitrogens with zero attached hydrogens (tertiary/aromatic N) is 1. The van der Waals surface area contributed by atoms with Crippen molar-refractivity contribution in [2.75, 3.05) is 10.6 Å². The lowest BCUT2D eigenvalue weighted by atomic mass is 10.2. The molecule has 0 radical (unpaired) electrons. The molecule has 0 saturated carbocycles. The molecule has 1 aromatic carbocycles. The number of amides is 2. The largest absolute Gasteiger partial charge is 0.381 e. The maximum Gasteiger partial charge on any atom is 0.316 e. The highest BCUT2D eigenvalue weighted by atomic mass is 16.2. The third-order valence-corrected chi connectivity index (χ3v) is 2.88. The fraction of sp³-hybridized carbons (Fsp3) is 0.231. The lowest BCUT2D eigenvalue weighted by Gasteiger charge is -2.09. The van der Waals surface area contributed by atoms with E-state index in [0.717, 1.165) is 22.6 Å². The van der Waals surface area contributed by atoms with Crippen LogP contribution in [0.1, 0.15) is 17.0 Å². The van der Waals surface area contributed by atoms with Crippen molar-refractivity contribution in [2.24, 2.45) is 5.73 Å². The van der Waals surface area contributed by atoms with Crippen molar-refractivity contribution >= 4 is 17.4 Å². The number of nitrogens with two attached hydrogens (primary N) is 1. The van der Waals surface area contributed by atoms with Crippen LogP contribution in [-0.2, 0) is 6.54 Å². The number of primary amides is 1. The molecule has 6 heteroatoms. The molecule has 0 bridgehead atoms. The molecule has 5 N–H and O–H groups in total. The van der Waals surface area contributed by atoms with Gasteiger partial charge in [-0.05, 0) is 32.0 Å². The number of nitrogens with one attached hydrogen (secondary N) is 3. The molecule has 0 aliphatic heterocycles. The summed E-state index contributed by atoms with van der Waals surface area (Å²) in [6.45, 7) is 4.63. The number of carbonyl (C=O) groups excluding carboxylic acids is 1. The summed E-state index contributed by atoms with van der Waals surface area (Å²) in [4.78, 5) is 10.8. The Balaban J connectivity index is 2.05. The number of aromatic amines is 1. The van der Waals surface area contributed by atoms with Gasteiger partial charge in [0.15, 0.2) is 0 Å². The molecule has 19 heavy (non-hydrogen) atoms. The molecule has 0 spiro atoms. The molecule has 2 rings (SSSR count). The average Bonchev–Trinajstić information content (AvgIpc) is 2.66. The molecule has 100 valence electrons. The minimum Gasteiger partial charge on any atom is -0.381 e. The van der Waals surface area contributed by atoms with E-state index in [-0.39, 0.29) is 0 Å². The van der Waals surface area contributed by atoms with E-state index in [1.807, 2.05) is 32.0 Å². The smallest absolute Gasteiger partial charge is 0.316 e. The highest BCUT2D eigenvalue weighted by Gasteiger charge is 2.06. The Hall–Kier alpha value is -2.50. The Morgan fingerprint density at radius 1 is 1.37 bits per heavy atom. The predicted molar refractivity (Wildman–Crippen MR) is 75.0 cm³/mol. The van der Waals surface area contributed by atoms with Crippen molar-refractivity contribution in [3.63, 3.8) is 0 Å². The second kappa shape index (κ2) is 5.43. The third-order valence-electron chi connectivity index (χ3n) is 2.88. The second-order valence-electron chi connectivity index (χ2n) is 4.34. The maximum atomic E-state index is 10.8. The number of benzene rings is 1. The van der Waals surface area contributed by atoms with Crippen molar-refractivity contribution in [3.8, 4) is 0 Å². The van der Waals surface area contributed by atoms with Crippen molar-refractivity contribution in [1.82, 2.24) is 10.2 Å². The van der Waals surface area contributed by atoms with Gasteiger partial charge >= 0.3 is 6.03 Å². The van der Waals surface area contributed by atoms with Gasteiger partial charge in [0, 0.05) is 29.2 Å². The van der Waals surface area contributed by atoms with Crippen LogP contribution in [0.5, 0.6) is 0 Å². The quantitative estimate of drug-likeness (QED) is 0.677. The minimum atomic E-state index is -0.571. The Labute approximate surface area is 111 Å². The van der Waals surface area contributed by atoms with Gasteiger partial charge in [-0.3, -0.25) is 5.10 Å². The van der Waals surface area contributed by atoms with Gasteiger partial charge in [-0.1, -0.05) is 6.07 Å². The molecular formula is C13H17N5O. The maximum absolute atomic E-state index is 10.8. The zero-order valence-electron chi connectivity index (χ0n) is 10.9. The lowest BCUT2D eigenvalue weighted by Crippen LogP contribution is -2.19. The Bertz CT molecular complexity index is 571. The van der Waals surface area contributed by atoms with Crippen LogP contribution in [0.3, 0.4) is 0 Å². The zero-order chi connectivity index (χ0) is 13.8. The van der Waals surface area contributed by atoms with Gasteiger partial charge in [0.1, 0.15) is 0 Å². The number of H-pyrrole nitrogens is 1. The molecule has 0 unspecified atom stereocenters. The summed E-state index contributed by atoms with van der Waals surface area (Å²) in [6, 6.07) is 6.82. The molecule has 0 aliphatic carbocycles. The van der Waals surface area contributed by atoms with Crippen molar-refractivity contribution in [2.45, 2.75) is 20.4 Å². The lowest BCUT2D eigenvalue weighted by molar-refractivity contribution is 0.259. The highest BCUT2D eigenvalue weighted by Crippen LogP contribution is 2.17. The molecule has 0 fully saturated rings. The van der Waals surface area contributed by atoms with Gasteiger partial charge in [0.05, 0.1) is 5.69 Å². The predicted octanol–water partition coefficient (Wildman–Crippen LogP) is 2.13.